The molecular weight excluding hydrogens is 338 g/mol. The van der Waals surface area contributed by atoms with Gasteiger partial charge in [0.15, 0.2) is 0 Å². The molecule has 1 saturated carbocycles. The molecule has 2 rings (SSSR count). The predicted octanol–water partition coefficient (Wildman–Crippen LogP) is 3.28. The van der Waals surface area contributed by atoms with E-state index in [0.29, 0.717) is 0 Å². The van der Waals surface area contributed by atoms with Crippen LogP contribution in [0.2, 0.25) is 0 Å². The summed E-state index contributed by atoms with van der Waals surface area (Å²) >= 11 is 9.45. The first-order valence-electron chi connectivity index (χ1n) is 5.91. The summed E-state index contributed by atoms with van der Waals surface area (Å²) in [7, 11) is -3.46. The van der Waals surface area contributed by atoms with Crippen molar-refractivity contribution in [3.05, 3.63) is 28.7 Å². The molecule has 1 fully saturated rings. The molecule has 0 aromatic heterocycles. The molecule has 0 radical (unpaired) electrons. The Labute approximate surface area is 121 Å². The van der Waals surface area contributed by atoms with Crippen LogP contribution >= 0.6 is 27.5 Å². The lowest BCUT2D eigenvalue weighted by Gasteiger charge is -2.27. The summed E-state index contributed by atoms with van der Waals surface area (Å²) in [6.07, 6.45) is 3.78. The fourth-order valence-corrected chi connectivity index (χ4v) is 4.09. The number of sulfonamides is 1. The minimum absolute atomic E-state index is 0.107. The molecule has 1 aromatic rings. The van der Waals surface area contributed by atoms with Gasteiger partial charge in [0, 0.05) is 15.9 Å². The third-order valence-electron chi connectivity index (χ3n) is 3.11. The Morgan fingerprint density at radius 3 is 2.39 bits per heavy atom. The van der Waals surface area contributed by atoms with Gasteiger partial charge in [-0.25, -0.2) is 13.1 Å². The number of benzene rings is 1. The molecule has 0 bridgehead atoms. The van der Waals surface area contributed by atoms with Gasteiger partial charge in [-0.15, -0.1) is 11.6 Å². The first-order chi connectivity index (χ1) is 8.49. The third-order valence-corrected chi connectivity index (χ3v) is 5.67. The summed E-state index contributed by atoms with van der Waals surface area (Å²) in [6, 6.07) is 6.44. The molecule has 3 nitrogen and oxygen atoms in total. The van der Waals surface area contributed by atoms with Gasteiger partial charge in [0.05, 0.1) is 4.90 Å². The monoisotopic (exact) mass is 351 g/mol. The predicted molar refractivity (Wildman–Crippen MR) is 76.4 cm³/mol. The van der Waals surface area contributed by atoms with Gasteiger partial charge in [-0.05, 0) is 37.1 Å². The number of halogens is 2. The summed E-state index contributed by atoms with van der Waals surface area (Å²) in [5.41, 5.74) is 0. The van der Waals surface area contributed by atoms with Crippen molar-refractivity contribution in [3.63, 3.8) is 0 Å². The van der Waals surface area contributed by atoms with Crippen molar-refractivity contribution >= 4 is 37.6 Å². The number of nitrogens with one attached hydrogen (secondary N) is 1. The molecule has 100 valence electrons. The lowest BCUT2D eigenvalue weighted by molar-refractivity contribution is 0.418. The number of alkyl halides is 1. The highest BCUT2D eigenvalue weighted by molar-refractivity contribution is 9.10. The second-order valence-electron chi connectivity index (χ2n) is 4.48. The molecule has 18 heavy (non-hydrogen) atoms. The Morgan fingerprint density at radius 1 is 1.17 bits per heavy atom. The van der Waals surface area contributed by atoms with E-state index in [-0.39, 0.29) is 16.3 Å². The third kappa shape index (κ3) is 3.47. The SMILES string of the molecule is O=S(=O)(NC1CCCCC1Cl)c1ccc(Br)cc1. The van der Waals surface area contributed by atoms with Crippen molar-refractivity contribution in [2.24, 2.45) is 0 Å². The molecule has 2 unspecified atom stereocenters. The van der Waals surface area contributed by atoms with Gasteiger partial charge in [-0.1, -0.05) is 28.8 Å². The maximum Gasteiger partial charge on any atom is 0.240 e. The van der Waals surface area contributed by atoms with Gasteiger partial charge < -0.3 is 0 Å². The Hall–Kier alpha value is -0.100. The zero-order chi connectivity index (χ0) is 13.2. The second kappa shape index (κ2) is 5.90. The van der Waals surface area contributed by atoms with Crippen LogP contribution in [0.3, 0.4) is 0 Å². The maximum absolute atomic E-state index is 12.2. The molecule has 0 heterocycles. The van der Waals surface area contributed by atoms with Crippen molar-refractivity contribution in [2.75, 3.05) is 0 Å². The quantitative estimate of drug-likeness (QED) is 0.849. The fraction of sp³-hybridized carbons (Fsp3) is 0.500. The van der Waals surface area contributed by atoms with E-state index in [2.05, 4.69) is 20.7 Å². The lowest BCUT2D eigenvalue weighted by atomic mass is 9.96. The minimum atomic E-state index is -3.46. The van der Waals surface area contributed by atoms with Crippen LogP contribution < -0.4 is 4.72 Å². The summed E-state index contributed by atoms with van der Waals surface area (Å²) in [5.74, 6) is 0. The Morgan fingerprint density at radius 2 is 1.78 bits per heavy atom. The zero-order valence-corrected chi connectivity index (χ0v) is 12.9. The number of rotatable bonds is 3. The highest BCUT2D eigenvalue weighted by Gasteiger charge is 2.27. The van der Waals surface area contributed by atoms with E-state index in [1.165, 1.54) is 0 Å². The largest absolute Gasteiger partial charge is 0.240 e. The van der Waals surface area contributed by atoms with Crippen LogP contribution in [0.15, 0.2) is 33.6 Å². The van der Waals surface area contributed by atoms with Crippen molar-refractivity contribution in [1.82, 2.24) is 4.72 Å². The average molecular weight is 353 g/mol. The van der Waals surface area contributed by atoms with Crippen LogP contribution in [0.5, 0.6) is 0 Å². The van der Waals surface area contributed by atoms with Gasteiger partial charge in [-0.3, -0.25) is 0 Å². The molecule has 1 aliphatic rings. The highest BCUT2D eigenvalue weighted by Crippen LogP contribution is 2.25. The van der Waals surface area contributed by atoms with Gasteiger partial charge in [0.25, 0.3) is 0 Å². The van der Waals surface area contributed by atoms with Gasteiger partial charge in [0.2, 0.25) is 10.0 Å². The smallest absolute Gasteiger partial charge is 0.207 e. The van der Waals surface area contributed by atoms with E-state index in [4.69, 9.17) is 11.6 Å². The first kappa shape index (κ1) is 14.3. The summed E-state index contributed by atoms with van der Waals surface area (Å²) < 4.78 is 27.9. The van der Waals surface area contributed by atoms with E-state index in [1.807, 2.05) is 0 Å². The molecule has 6 heteroatoms. The van der Waals surface area contributed by atoms with E-state index in [1.54, 1.807) is 24.3 Å². The number of hydrogen-bond acceptors (Lipinski definition) is 2. The lowest BCUT2D eigenvalue weighted by Crippen LogP contribution is -2.42. The maximum atomic E-state index is 12.2. The second-order valence-corrected chi connectivity index (χ2v) is 7.67. The minimum Gasteiger partial charge on any atom is -0.207 e. The molecule has 0 saturated heterocycles. The van der Waals surface area contributed by atoms with Crippen molar-refractivity contribution in [2.45, 2.75) is 42.0 Å². The van der Waals surface area contributed by atoms with Crippen LogP contribution in [-0.2, 0) is 10.0 Å². The van der Waals surface area contributed by atoms with Gasteiger partial charge in [0.1, 0.15) is 0 Å². The van der Waals surface area contributed by atoms with Gasteiger partial charge >= 0.3 is 0 Å². The molecule has 1 aromatic carbocycles. The molecule has 0 spiro atoms. The number of hydrogen-bond donors (Lipinski definition) is 1. The molecule has 0 aliphatic heterocycles. The van der Waals surface area contributed by atoms with E-state index < -0.39 is 10.0 Å². The van der Waals surface area contributed by atoms with Gasteiger partial charge in [-0.2, -0.15) is 0 Å². The van der Waals surface area contributed by atoms with Crippen LogP contribution in [0.1, 0.15) is 25.7 Å². The molecular formula is C12H15BrClNO2S. The molecule has 2 atom stereocenters. The van der Waals surface area contributed by atoms with Crippen molar-refractivity contribution in [1.29, 1.82) is 0 Å². The Bertz CT molecular complexity index is 503. The average Bonchev–Trinajstić information content (AvgIpc) is 2.32. The Kier molecular flexibility index (Phi) is 4.69. The normalized spacial score (nSPS) is 25.0. The summed E-state index contributed by atoms with van der Waals surface area (Å²) in [5, 5.41) is -0.107. The first-order valence-corrected chi connectivity index (χ1v) is 8.62. The van der Waals surface area contributed by atoms with Crippen LogP contribution in [0.4, 0.5) is 0 Å². The fourth-order valence-electron chi connectivity index (χ4n) is 2.10. The standard InChI is InChI=1S/C12H15BrClNO2S/c13-9-5-7-10(8-6-9)18(16,17)15-12-4-2-1-3-11(12)14/h5-8,11-12,15H,1-4H2. The van der Waals surface area contributed by atoms with E-state index in [0.717, 1.165) is 30.2 Å². The molecule has 1 aliphatic carbocycles. The topological polar surface area (TPSA) is 46.2 Å². The molecule has 1 N–H and O–H groups in total. The van der Waals surface area contributed by atoms with Crippen molar-refractivity contribution < 1.29 is 8.42 Å². The molecule has 0 amide bonds. The van der Waals surface area contributed by atoms with Crippen LogP contribution in [0.25, 0.3) is 0 Å². The van der Waals surface area contributed by atoms with E-state index in [9.17, 15) is 8.42 Å². The Balaban J connectivity index is 2.13. The van der Waals surface area contributed by atoms with E-state index >= 15 is 0 Å². The summed E-state index contributed by atoms with van der Waals surface area (Å²) in [6.45, 7) is 0. The summed E-state index contributed by atoms with van der Waals surface area (Å²) in [4.78, 5) is 0.278. The zero-order valence-electron chi connectivity index (χ0n) is 9.77. The van der Waals surface area contributed by atoms with Crippen LogP contribution in [0, 0.1) is 0 Å². The van der Waals surface area contributed by atoms with Crippen LogP contribution in [-0.4, -0.2) is 19.8 Å². The van der Waals surface area contributed by atoms with Crippen molar-refractivity contribution in [3.8, 4) is 0 Å². The highest BCUT2D eigenvalue weighted by atomic mass is 79.9.